The first kappa shape index (κ1) is 18.8. The topological polar surface area (TPSA) is 32.8 Å². The molecule has 0 N–H and O–H groups in total. The molecule has 2 fully saturated rings. The quantitative estimate of drug-likeness (QED) is 0.442. The van der Waals surface area contributed by atoms with Crippen molar-refractivity contribution in [2.75, 3.05) is 13.7 Å². The van der Waals surface area contributed by atoms with Crippen LogP contribution in [0.5, 0.6) is 5.75 Å². The van der Waals surface area contributed by atoms with Gasteiger partial charge in [0.15, 0.2) is 5.11 Å². The van der Waals surface area contributed by atoms with E-state index in [1.165, 1.54) is 6.42 Å². The lowest BCUT2D eigenvalue weighted by Crippen LogP contribution is -2.41. The summed E-state index contributed by atoms with van der Waals surface area (Å²) >= 11 is 11.8. The third kappa shape index (κ3) is 3.72. The molecule has 1 saturated carbocycles. The summed E-state index contributed by atoms with van der Waals surface area (Å²) in [6, 6.07) is 5.56. The van der Waals surface area contributed by atoms with Crippen molar-refractivity contribution >= 4 is 40.9 Å². The molecule has 0 unspecified atom stereocenters. The second-order valence-corrected chi connectivity index (χ2v) is 7.29. The van der Waals surface area contributed by atoms with E-state index in [0.29, 0.717) is 21.6 Å². The second kappa shape index (κ2) is 8.11. The van der Waals surface area contributed by atoms with Gasteiger partial charge in [-0.3, -0.25) is 9.69 Å². The molecule has 0 spiro atoms. The van der Waals surface area contributed by atoms with Crippen molar-refractivity contribution in [3.05, 3.63) is 34.5 Å². The number of hydrogen-bond donors (Lipinski definition) is 0. The van der Waals surface area contributed by atoms with E-state index >= 15 is 0 Å². The van der Waals surface area contributed by atoms with E-state index in [2.05, 4.69) is 5.92 Å². The Morgan fingerprint density at radius 1 is 1.38 bits per heavy atom. The second-order valence-electron chi connectivity index (χ2n) is 6.52. The van der Waals surface area contributed by atoms with Gasteiger partial charge < -0.3 is 9.64 Å². The van der Waals surface area contributed by atoms with Crippen LogP contribution in [0, 0.1) is 12.3 Å². The van der Waals surface area contributed by atoms with Crippen molar-refractivity contribution in [2.45, 2.75) is 38.1 Å². The van der Waals surface area contributed by atoms with Crippen LogP contribution in [-0.4, -0.2) is 40.5 Å². The summed E-state index contributed by atoms with van der Waals surface area (Å²) in [7, 11) is 1.83. The monoisotopic (exact) mass is 388 g/mol. The van der Waals surface area contributed by atoms with Crippen molar-refractivity contribution in [1.29, 1.82) is 0 Å². The maximum Gasteiger partial charge on any atom is 0.277 e. The SMILES string of the molecule is C#CCOc1ccc(/C=C2/C(=O)N(C3CCCCC3)C(=S)N2C)cc1Cl. The van der Waals surface area contributed by atoms with Crippen molar-refractivity contribution in [1.82, 2.24) is 9.80 Å². The van der Waals surface area contributed by atoms with Gasteiger partial charge in [0.05, 0.1) is 5.02 Å². The maximum absolute atomic E-state index is 13.0. The van der Waals surface area contributed by atoms with Crippen molar-refractivity contribution in [3.63, 3.8) is 0 Å². The third-order valence-corrected chi connectivity index (χ3v) is 5.57. The van der Waals surface area contributed by atoms with Gasteiger partial charge in [0.2, 0.25) is 0 Å². The highest BCUT2D eigenvalue weighted by Crippen LogP contribution is 2.32. The lowest BCUT2D eigenvalue weighted by Gasteiger charge is -2.30. The minimum atomic E-state index is -0.0341. The molecule has 0 radical (unpaired) electrons. The van der Waals surface area contributed by atoms with Gasteiger partial charge in [-0.15, -0.1) is 6.42 Å². The molecule has 6 heteroatoms. The summed E-state index contributed by atoms with van der Waals surface area (Å²) in [6.45, 7) is 0.159. The molecule has 1 amide bonds. The van der Waals surface area contributed by atoms with Crippen molar-refractivity contribution in [2.24, 2.45) is 0 Å². The van der Waals surface area contributed by atoms with Gasteiger partial charge in [-0.2, -0.15) is 0 Å². The summed E-state index contributed by atoms with van der Waals surface area (Å²) in [5, 5.41) is 1.03. The predicted molar refractivity (Wildman–Crippen MR) is 108 cm³/mol. The zero-order valence-electron chi connectivity index (χ0n) is 14.7. The molecule has 1 aromatic rings. The molecule has 2 aliphatic rings. The number of carbonyl (C=O) groups excluding carboxylic acids is 1. The van der Waals surface area contributed by atoms with Crippen molar-refractivity contribution < 1.29 is 9.53 Å². The van der Waals surface area contributed by atoms with Gasteiger partial charge in [0.1, 0.15) is 18.1 Å². The number of ether oxygens (including phenoxy) is 1. The largest absolute Gasteiger partial charge is 0.479 e. The van der Waals surface area contributed by atoms with E-state index in [1.54, 1.807) is 21.9 Å². The average molecular weight is 389 g/mol. The Bertz CT molecular complexity index is 793. The summed E-state index contributed by atoms with van der Waals surface area (Å²) in [6.07, 6.45) is 12.6. The Morgan fingerprint density at radius 2 is 2.12 bits per heavy atom. The molecule has 1 aliphatic heterocycles. The first-order chi connectivity index (χ1) is 12.5. The molecule has 0 atom stereocenters. The lowest BCUT2D eigenvalue weighted by atomic mass is 9.94. The molecule has 3 rings (SSSR count). The number of thiocarbonyl (C=S) groups is 1. The van der Waals surface area contributed by atoms with Crippen LogP contribution in [-0.2, 0) is 4.79 Å². The van der Waals surface area contributed by atoms with Crippen LogP contribution >= 0.6 is 23.8 Å². The Kier molecular flexibility index (Phi) is 5.85. The fraction of sp³-hybridized carbons (Fsp3) is 0.400. The normalized spacial score (nSPS) is 20.0. The summed E-state index contributed by atoms with van der Waals surface area (Å²) in [5.74, 6) is 2.90. The van der Waals surface area contributed by atoms with Crippen LogP contribution in [0.4, 0.5) is 0 Å². The molecule has 1 saturated heterocycles. The number of carbonyl (C=O) groups is 1. The highest BCUT2D eigenvalue weighted by molar-refractivity contribution is 7.80. The van der Waals surface area contributed by atoms with Gasteiger partial charge in [-0.25, -0.2) is 0 Å². The van der Waals surface area contributed by atoms with Gasteiger partial charge in [0, 0.05) is 13.1 Å². The van der Waals surface area contributed by atoms with Crippen LogP contribution in [0.15, 0.2) is 23.9 Å². The minimum Gasteiger partial charge on any atom is -0.479 e. The molecule has 1 heterocycles. The van der Waals surface area contributed by atoms with Gasteiger partial charge in [-0.05, 0) is 48.8 Å². The van der Waals surface area contributed by atoms with Crippen LogP contribution in [0.1, 0.15) is 37.7 Å². The molecular formula is C20H21ClN2O2S. The summed E-state index contributed by atoms with van der Waals surface area (Å²) in [5.41, 5.74) is 1.38. The van der Waals surface area contributed by atoms with E-state index in [1.807, 2.05) is 19.2 Å². The molecule has 4 nitrogen and oxygen atoms in total. The number of likely N-dealkylation sites (N-methyl/N-ethyl adjacent to an activating group) is 1. The number of rotatable bonds is 4. The number of nitrogens with zero attached hydrogens (tertiary/aromatic N) is 2. The van der Waals surface area contributed by atoms with Crippen LogP contribution in [0.3, 0.4) is 0 Å². The first-order valence-corrected chi connectivity index (χ1v) is 9.50. The van der Waals surface area contributed by atoms with Gasteiger partial charge >= 0.3 is 0 Å². The highest BCUT2D eigenvalue weighted by Gasteiger charge is 2.40. The molecule has 1 aromatic carbocycles. The van der Waals surface area contributed by atoms with Gasteiger partial charge in [0.25, 0.3) is 5.91 Å². The fourth-order valence-electron chi connectivity index (χ4n) is 3.44. The van der Waals surface area contributed by atoms with E-state index in [-0.39, 0.29) is 18.6 Å². The van der Waals surface area contributed by atoms with Crippen LogP contribution in [0.2, 0.25) is 5.02 Å². The molecule has 0 aromatic heterocycles. The smallest absolute Gasteiger partial charge is 0.277 e. The molecule has 1 aliphatic carbocycles. The first-order valence-electron chi connectivity index (χ1n) is 8.71. The van der Waals surface area contributed by atoms with Crippen molar-refractivity contribution in [3.8, 4) is 18.1 Å². The highest BCUT2D eigenvalue weighted by atomic mass is 35.5. The Labute approximate surface area is 164 Å². The lowest BCUT2D eigenvalue weighted by molar-refractivity contribution is -0.124. The zero-order valence-corrected chi connectivity index (χ0v) is 16.3. The number of halogens is 1. The van der Waals surface area contributed by atoms with E-state index in [0.717, 1.165) is 31.2 Å². The summed E-state index contributed by atoms with van der Waals surface area (Å²) < 4.78 is 5.37. The van der Waals surface area contributed by atoms with Gasteiger partial charge in [-0.1, -0.05) is 42.9 Å². The fourth-order valence-corrected chi connectivity index (χ4v) is 4.01. The van der Waals surface area contributed by atoms with Crippen LogP contribution in [0.25, 0.3) is 6.08 Å². The molecule has 0 bridgehead atoms. The maximum atomic E-state index is 13.0. The standard InChI is InChI=1S/C20H21ClN2O2S/c1-3-11-25-18-10-9-14(12-16(18)21)13-17-19(24)23(20(26)22(17)2)15-7-5-4-6-8-15/h1,9-10,12-13,15H,4-8,11H2,2H3/b17-13-. The number of hydrogen-bond acceptors (Lipinski definition) is 3. The van der Waals surface area contributed by atoms with E-state index in [4.69, 9.17) is 35.0 Å². The Balaban J connectivity index is 1.84. The predicted octanol–water partition coefficient (Wildman–Crippen LogP) is 4.08. The average Bonchev–Trinajstić information content (AvgIpc) is 2.85. The minimum absolute atomic E-state index is 0.0341. The Hall–Kier alpha value is -2.03. The summed E-state index contributed by atoms with van der Waals surface area (Å²) in [4.78, 5) is 16.5. The number of terminal acetylenes is 1. The number of amides is 1. The van der Waals surface area contributed by atoms with E-state index < -0.39 is 0 Å². The zero-order chi connectivity index (χ0) is 18.7. The van der Waals surface area contributed by atoms with Crippen LogP contribution < -0.4 is 4.74 Å². The van der Waals surface area contributed by atoms with E-state index in [9.17, 15) is 4.79 Å². The third-order valence-electron chi connectivity index (χ3n) is 4.80. The molecular weight excluding hydrogens is 368 g/mol. The number of benzene rings is 1. The molecule has 136 valence electrons. The molecule has 26 heavy (non-hydrogen) atoms. The Morgan fingerprint density at radius 3 is 2.77 bits per heavy atom.